The number of carbonyl (C=O) groups excluding carboxylic acids is 1. The summed E-state index contributed by atoms with van der Waals surface area (Å²) in [6.07, 6.45) is 3.67. The van der Waals surface area contributed by atoms with Crippen molar-refractivity contribution in [3.05, 3.63) is 0 Å². The van der Waals surface area contributed by atoms with E-state index in [1.165, 1.54) is 6.92 Å². The van der Waals surface area contributed by atoms with Crippen LogP contribution in [-0.4, -0.2) is 48.2 Å². The molecule has 1 aliphatic carbocycles. The standard InChI is InChI=1S/C13H24N2O4/c1-8(17)15-10-4-9(14)5-12(6-10)19-13-3-2-11(7-16)18-13/h9-13,16H,2-7,14H2,1H3,(H,15,17). The highest BCUT2D eigenvalue weighted by atomic mass is 16.7. The van der Waals surface area contributed by atoms with Gasteiger partial charge in [-0.15, -0.1) is 0 Å². The van der Waals surface area contributed by atoms with Gasteiger partial charge in [-0.1, -0.05) is 0 Å². The molecule has 0 aromatic heterocycles. The molecule has 1 saturated carbocycles. The number of ether oxygens (including phenoxy) is 2. The fraction of sp³-hybridized carbons (Fsp3) is 0.923. The minimum Gasteiger partial charge on any atom is -0.394 e. The van der Waals surface area contributed by atoms with Crippen molar-refractivity contribution in [3.8, 4) is 0 Å². The lowest BCUT2D eigenvalue weighted by Gasteiger charge is -2.34. The molecule has 6 heteroatoms. The number of aliphatic hydroxyl groups is 1. The number of nitrogens with two attached hydrogens (primary N) is 1. The molecule has 4 N–H and O–H groups in total. The Kier molecular flexibility index (Phi) is 5.15. The molecule has 1 amide bonds. The van der Waals surface area contributed by atoms with Gasteiger partial charge in [0.2, 0.25) is 5.91 Å². The first-order chi connectivity index (χ1) is 9.06. The lowest BCUT2D eigenvalue weighted by Crippen LogP contribution is -2.47. The third-order valence-electron chi connectivity index (χ3n) is 3.72. The fourth-order valence-electron chi connectivity index (χ4n) is 2.95. The summed E-state index contributed by atoms with van der Waals surface area (Å²) in [5.41, 5.74) is 6.01. The largest absolute Gasteiger partial charge is 0.394 e. The van der Waals surface area contributed by atoms with Gasteiger partial charge in [-0.25, -0.2) is 0 Å². The van der Waals surface area contributed by atoms with Gasteiger partial charge in [0.15, 0.2) is 6.29 Å². The average molecular weight is 272 g/mol. The van der Waals surface area contributed by atoms with E-state index in [9.17, 15) is 4.79 Å². The molecule has 0 aromatic carbocycles. The summed E-state index contributed by atoms with van der Waals surface area (Å²) in [4.78, 5) is 11.1. The second-order valence-electron chi connectivity index (χ2n) is 5.57. The molecule has 1 heterocycles. The molecular formula is C13H24N2O4. The van der Waals surface area contributed by atoms with Crippen molar-refractivity contribution >= 4 is 5.91 Å². The quantitative estimate of drug-likeness (QED) is 0.663. The molecule has 1 saturated heterocycles. The molecule has 19 heavy (non-hydrogen) atoms. The van der Waals surface area contributed by atoms with Gasteiger partial charge in [-0.3, -0.25) is 4.79 Å². The van der Waals surface area contributed by atoms with Crippen molar-refractivity contribution in [2.24, 2.45) is 5.73 Å². The van der Waals surface area contributed by atoms with Crippen molar-refractivity contribution in [2.75, 3.05) is 6.61 Å². The smallest absolute Gasteiger partial charge is 0.217 e. The molecule has 2 rings (SSSR count). The molecule has 0 aromatic rings. The lowest BCUT2D eigenvalue weighted by atomic mass is 9.89. The van der Waals surface area contributed by atoms with Gasteiger partial charge in [0.1, 0.15) is 0 Å². The van der Waals surface area contributed by atoms with Gasteiger partial charge in [-0.05, 0) is 25.7 Å². The Labute approximate surface area is 113 Å². The molecular weight excluding hydrogens is 248 g/mol. The minimum atomic E-state index is -0.245. The van der Waals surface area contributed by atoms with Crippen molar-refractivity contribution in [3.63, 3.8) is 0 Å². The highest BCUT2D eigenvalue weighted by Gasteiger charge is 2.32. The van der Waals surface area contributed by atoms with Crippen LogP contribution in [0.2, 0.25) is 0 Å². The van der Waals surface area contributed by atoms with Gasteiger partial charge in [-0.2, -0.15) is 0 Å². The summed E-state index contributed by atoms with van der Waals surface area (Å²) in [5.74, 6) is -0.0321. The first kappa shape index (κ1) is 14.7. The third kappa shape index (κ3) is 4.42. The molecule has 2 aliphatic rings. The number of aliphatic hydroxyl groups excluding tert-OH is 1. The first-order valence-electron chi connectivity index (χ1n) is 7.01. The number of amides is 1. The van der Waals surface area contributed by atoms with E-state index in [4.69, 9.17) is 20.3 Å². The van der Waals surface area contributed by atoms with Crippen LogP contribution in [0.1, 0.15) is 39.0 Å². The molecule has 5 atom stereocenters. The number of carbonyl (C=O) groups is 1. The number of rotatable bonds is 4. The van der Waals surface area contributed by atoms with Crippen LogP contribution in [0, 0.1) is 0 Å². The minimum absolute atomic E-state index is 0.0167. The molecule has 5 unspecified atom stereocenters. The summed E-state index contributed by atoms with van der Waals surface area (Å²) in [6, 6.07) is 0.131. The van der Waals surface area contributed by atoms with Crippen LogP contribution in [0.5, 0.6) is 0 Å². The average Bonchev–Trinajstić information content (AvgIpc) is 2.74. The van der Waals surface area contributed by atoms with Gasteiger partial charge in [0, 0.05) is 25.4 Å². The number of hydrogen-bond acceptors (Lipinski definition) is 5. The summed E-state index contributed by atoms with van der Waals surface area (Å²) in [5, 5.41) is 11.9. The Balaban J connectivity index is 1.81. The van der Waals surface area contributed by atoms with Gasteiger partial charge in [0.05, 0.1) is 18.8 Å². The monoisotopic (exact) mass is 272 g/mol. The highest BCUT2D eigenvalue weighted by Crippen LogP contribution is 2.27. The van der Waals surface area contributed by atoms with Gasteiger partial charge < -0.3 is 25.6 Å². The second kappa shape index (κ2) is 6.65. The third-order valence-corrected chi connectivity index (χ3v) is 3.72. The maximum atomic E-state index is 11.1. The molecule has 1 aliphatic heterocycles. The van der Waals surface area contributed by atoms with Gasteiger partial charge >= 0.3 is 0 Å². The zero-order chi connectivity index (χ0) is 13.8. The summed E-state index contributed by atoms with van der Waals surface area (Å²) < 4.78 is 11.5. The van der Waals surface area contributed by atoms with Crippen LogP contribution in [0.3, 0.4) is 0 Å². The van der Waals surface area contributed by atoms with Crippen LogP contribution >= 0.6 is 0 Å². The number of nitrogens with one attached hydrogen (secondary N) is 1. The van der Waals surface area contributed by atoms with E-state index in [2.05, 4.69) is 5.32 Å². The van der Waals surface area contributed by atoms with E-state index in [1.807, 2.05) is 0 Å². The summed E-state index contributed by atoms with van der Waals surface area (Å²) >= 11 is 0. The van der Waals surface area contributed by atoms with Crippen molar-refractivity contribution in [2.45, 2.75) is 69.6 Å². The fourth-order valence-corrected chi connectivity index (χ4v) is 2.95. The van der Waals surface area contributed by atoms with E-state index in [-0.39, 0.29) is 43.1 Å². The predicted octanol–water partition coefficient (Wildman–Crippen LogP) is -0.115. The zero-order valence-electron chi connectivity index (χ0n) is 11.4. The van der Waals surface area contributed by atoms with E-state index in [1.54, 1.807) is 0 Å². The maximum absolute atomic E-state index is 11.1. The lowest BCUT2D eigenvalue weighted by molar-refractivity contribution is -0.175. The molecule has 110 valence electrons. The van der Waals surface area contributed by atoms with Crippen molar-refractivity contribution in [1.29, 1.82) is 0 Å². The molecule has 0 radical (unpaired) electrons. The van der Waals surface area contributed by atoms with Crippen LogP contribution in [-0.2, 0) is 14.3 Å². The van der Waals surface area contributed by atoms with E-state index >= 15 is 0 Å². The molecule has 6 nitrogen and oxygen atoms in total. The summed E-state index contributed by atoms with van der Waals surface area (Å²) in [6.45, 7) is 1.56. The zero-order valence-corrected chi connectivity index (χ0v) is 11.4. The molecule has 0 bridgehead atoms. The Hall–Kier alpha value is -0.690. The van der Waals surface area contributed by atoms with Crippen LogP contribution < -0.4 is 11.1 Å². The normalized spacial score (nSPS) is 39.2. The Morgan fingerprint density at radius 2 is 2.21 bits per heavy atom. The topological polar surface area (TPSA) is 93.8 Å². The Morgan fingerprint density at radius 1 is 1.42 bits per heavy atom. The highest BCUT2D eigenvalue weighted by molar-refractivity contribution is 5.73. The SMILES string of the molecule is CC(=O)NC1CC(N)CC(OC2CCC(CO)O2)C1. The Morgan fingerprint density at radius 3 is 2.84 bits per heavy atom. The molecule has 2 fully saturated rings. The molecule has 0 spiro atoms. The van der Waals surface area contributed by atoms with Crippen LogP contribution in [0.15, 0.2) is 0 Å². The van der Waals surface area contributed by atoms with Gasteiger partial charge in [0.25, 0.3) is 0 Å². The van der Waals surface area contributed by atoms with Crippen molar-refractivity contribution in [1.82, 2.24) is 5.32 Å². The Bertz CT molecular complexity index is 313. The maximum Gasteiger partial charge on any atom is 0.217 e. The number of hydrogen-bond donors (Lipinski definition) is 3. The van der Waals surface area contributed by atoms with E-state index in [0.717, 1.165) is 32.1 Å². The first-order valence-corrected chi connectivity index (χ1v) is 7.01. The van der Waals surface area contributed by atoms with Crippen LogP contribution in [0.25, 0.3) is 0 Å². The predicted molar refractivity (Wildman–Crippen MR) is 69.3 cm³/mol. The van der Waals surface area contributed by atoms with Crippen LogP contribution in [0.4, 0.5) is 0 Å². The van der Waals surface area contributed by atoms with Crippen molar-refractivity contribution < 1.29 is 19.4 Å². The van der Waals surface area contributed by atoms with E-state index < -0.39 is 0 Å². The summed E-state index contributed by atoms with van der Waals surface area (Å²) in [7, 11) is 0. The second-order valence-corrected chi connectivity index (χ2v) is 5.57. The van der Waals surface area contributed by atoms with E-state index in [0.29, 0.717) is 0 Å².